The molecule has 0 aromatic rings. The fourth-order valence-electron chi connectivity index (χ4n) is 1.83. The number of nitrogens with one attached hydrogen (secondary N) is 3. The molecule has 4 N–H and O–H groups in total. The first-order valence-corrected chi connectivity index (χ1v) is 7.75. The number of rotatable bonds is 12. The highest BCUT2D eigenvalue weighted by atomic mass is 16.4. The lowest BCUT2D eigenvalue weighted by molar-refractivity contribution is -0.142. The molecular weight excluding hydrogens is 318 g/mol. The molecule has 0 heterocycles. The van der Waals surface area contributed by atoms with Gasteiger partial charge in [-0.3, -0.25) is 14.4 Å². The topological polar surface area (TPSA) is 142 Å². The van der Waals surface area contributed by atoms with Gasteiger partial charge in [-0.15, -0.1) is 0 Å². The summed E-state index contributed by atoms with van der Waals surface area (Å²) in [5.41, 5.74) is 0. The van der Waals surface area contributed by atoms with Crippen molar-refractivity contribution in [2.45, 2.75) is 52.0 Å². The zero-order valence-corrected chi connectivity index (χ0v) is 14.0. The minimum Gasteiger partial charge on any atom is -0.480 e. The molecule has 9 heteroatoms. The Morgan fingerprint density at radius 1 is 0.875 bits per heavy atom. The molecule has 3 amide bonds. The predicted molar refractivity (Wildman–Crippen MR) is 85.0 cm³/mol. The lowest BCUT2D eigenvalue weighted by Crippen LogP contribution is -2.42. The smallest absolute Gasteiger partial charge is 0.326 e. The van der Waals surface area contributed by atoms with Crippen LogP contribution in [0.4, 0.5) is 0 Å². The van der Waals surface area contributed by atoms with Gasteiger partial charge in [0.05, 0.1) is 0 Å². The largest absolute Gasteiger partial charge is 0.480 e. The van der Waals surface area contributed by atoms with Crippen LogP contribution in [-0.2, 0) is 24.0 Å². The predicted octanol–water partition coefficient (Wildman–Crippen LogP) is -0.652. The number of carbonyl (C=O) groups is 5. The van der Waals surface area contributed by atoms with Gasteiger partial charge in [0.2, 0.25) is 17.7 Å². The van der Waals surface area contributed by atoms with E-state index in [0.717, 1.165) is 0 Å². The molecule has 0 aromatic heterocycles. The summed E-state index contributed by atoms with van der Waals surface area (Å²) in [5, 5.41) is 16.5. The van der Waals surface area contributed by atoms with Gasteiger partial charge in [0.25, 0.3) is 0 Å². The van der Waals surface area contributed by atoms with Gasteiger partial charge < -0.3 is 25.9 Å². The van der Waals surface area contributed by atoms with E-state index in [2.05, 4.69) is 16.0 Å². The number of amides is 3. The zero-order valence-electron chi connectivity index (χ0n) is 14.0. The molecule has 24 heavy (non-hydrogen) atoms. The summed E-state index contributed by atoms with van der Waals surface area (Å²) in [7, 11) is 0. The monoisotopic (exact) mass is 343 g/mol. The maximum atomic E-state index is 11.6. The van der Waals surface area contributed by atoms with Crippen LogP contribution in [-0.4, -0.2) is 53.7 Å². The first-order valence-electron chi connectivity index (χ1n) is 7.75. The maximum Gasteiger partial charge on any atom is 0.326 e. The first-order chi connectivity index (χ1) is 11.2. The highest BCUT2D eigenvalue weighted by Gasteiger charge is 2.20. The van der Waals surface area contributed by atoms with E-state index in [1.165, 1.54) is 13.8 Å². The highest BCUT2D eigenvalue weighted by molar-refractivity contribution is 5.85. The Morgan fingerprint density at radius 2 is 1.50 bits per heavy atom. The van der Waals surface area contributed by atoms with Gasteiger partial charge in [-0.2, -0.15) is 0 Å². The van der Waals surface area contributed by atoms with E-state index >= 15 is 0 Å². The van der Waals surface area contributed by atoms with Crippen molar-refractivity contribution < 1.29 is 29.1 Å². The van der Waals surface area contributed by atoms with E-state index in [4.69, 9.17) is 5.11 Å². The molecule has 0 fully saturated rings. The number of ketones is 1. The molecule has 0 bridgehead atoms. The number of Topliss-reactive ketones (excluding diaryl/α,β-unsaturated/α-hetero) is 1. The number of carbonyl (C=O) groups excluding carboxylic acids is 4. The highest BCUT2D eigenvalue weighted by Crippen LogP contribution is 2.01. The summed E-state index contributed by atoms with van der Waals surface area (Å²) in [4.78, 5) is 55.8. The lowest BCUT2D eigenvalue weighted by Gasteiger charge is -2.14. The Labute approximate surface area is 140 Å². The second-order valence-electron chi connectivity index (χ2n) is 5.39. The van der Waals surface area contributed by atoms with Crippen LogP contribution in [0.15, 0.2) is 0 Å². The van der Waals surface area contributed by atoms with Crippen LogP contribution >= 0.6 is 0 Å². The maximum absolute atomic E-state index is 11.6. The van der Waals surface area contributed by atoms with Gasteiger partial charge in [0, 0.05) is 39.3 Å². The average Bonchev–Trinajstić information content (AvgIpc) is 2.47. The Bertz CT molecular complexity index is 478. The Kier molecular flexibility index (Phi) is 10.8. The van der Waals surface area contributed by atoms with Crippen LogP contribution < -0.4 is 16.0 Å². The summed E-state index contributed by atoms with van der Waals surface area (Å²) >= 11 is 0. The standard InChI is InChI=1S/C15H25N3O6/c1-10(19)4-3-5-14(22)18-12(15(23)24)6-7-13(21)17-9-8-16-11(2)20/h12H,3-9H2,1-2H3,(H,16,20)(H,17,21)(H,18,22)(H,23,24)/t12-/m0/s1. The number of hydrogen-bond donors (Lipinski definition) is 4. The molecule has 0 aromatic carbocycles. The fraction of sp³-hybridized carbons (Fsp3) is 0.667. The van der Waals surface area contributed by atoms with Gasteiger partial charge in [0.1, 0.15) is 11.8 Å². The van der Waals surface area contributed by atoms with Crippen molar-refractivity contribution in [3.8, 4) is 0 Å². The van der Waals surface area contributed by atoms with Crippen molar-refractivity contribution in [3.05, 3.63) is 0 Å². The summed E-state index contributed by atoms with van der Waals surface area (Å²) < 4.78 is 0. The van der Waals surface area contributed by atoms with E-state index in [-0.39, 0.29) is 56.4 Å². The summed E-state index contributed by atoms with van der Waals surface area (Å²) in [5.74, 6) is -2.29. The lowest BCUT2D eigenvalue weighted by atomic mass is 10.1. The molecule has 9 nitrogen and oxygen atoms in total. The normalized spacial score (nSPS) is 11.2. The van der Waals surface area contributed by atoms with Crippen molar-refractivity contribution in [2.75, 3.05) is 13.1 Å². The second kappa shape index (κ2) is 12.0. The van der Waals surface area contributed by atoms with E-state index in [1.54, 1.807) is 0 Å². The summed E-state index contributed by atoms with van der Waals surface area (Å²) in [6.45, 7) is 3.31. The van der Waals surface area contributed by atoms with Crippen molar-refractivity contribution in [3.63, 3.8) is 0 Å². The van der Waals surface area contributed by atoms with Crippen LogP contribution in [0.25, 0.3) is 0 Å². The average molecular weight is 343 g/mol. The molecule has 0 saturated carbocycles. The zero-order chi connectivity index (χ0) is 18.5. The molecule has 0 saturated heterocycles. The molecule has 136 valence electrons. The summed E-state index contributed by atoms with van der Waals surface area (Å²) in [6.07, 6.45) is 0.579. The third kappa shape index (κ3) is 12.1. The van der Waals surface area contributed by atoms with Crippen molar-refractivity contribution in [1.29, 1.82) is 0 Å². The number of aliphatic carboxylic acids is 1. The van der Waals surface area contributed by atoms with E-state index in [1.807, 2.05) is 0 Å². The van der Waals surface area contributed by atoms with E-state index in [9.17, 15) is 24.0 Å². The van der Waals surface area contributed by atoms with E-state index < -0.39 is 17.9 Å². The van der Waals surface area contributed by atoms with Crippen LogP contribution in [0.3, 0.4) is 0 Å². The third-order valence-electron chi connectivity index (χ3n) is 3.05. The molecule has 0 rings (SSSR count). The number of carboxylic acid groups (broad SMARTS) is 1. The molecule has 0 spiro atoms. The van der Waals surface area contributed by atoms with Crippen molar-refractivity contribution >= 4 is 29.5 Å². The van der Waals surface area contributed by atoms with Crippen LogP contribution in [0, 0.1) is 0 Å². The first kappa shape index (κ1) is 21.6. The molecular formula is C15H25N3O6. The van der Waals surface area contributed by atoms with E-state index in [0.29, 0.717) is 6.42 Å². The Balaban J connectivity index is 4.08. The van der Waals surface area contributed by atoms with Crippen LogP contribution in [0.5, 0.6) is 0 Å². The molecule has 0 aliphatic carbocycles. The number of carboxylic acids is 1. The minimum atomic E-state index is -1.22. The number of hydrogen-bond acceptors (Lipinski definition) is 5. The second-order valence-corrected chi connectivity index (χ2v) is 5.39. The van der Waals surface area contributed by atoms with Crippen LogP contribution in [0.1, 0.15) is 46.0 Å². The van der Waals surface area contributed by atoms with Crippen molar-refractivity contribution in [1.82, 2.24) is 16.0 Å². The SMILES string of the molecule is CC(=O)CCCC(=O)N[C@@H](CCC(=O)NCCNC(C)=O)C(=O)O. The van der Waals surface area contributed by atoms with Crippen molar-refractivity contribution in [2.24, 2.45) is 0 Å². The third-order valence-corrected chi connectivity index (χ3v) is 3.05. The quantitative estimate of drug-likeness (QED) is 0.347. The summed E-state index contributed by atoms with van der Waals surface area (Å²) in [6, 6.07) is -1.16. The van der Waals surface area contributed by atoms with Gasteiger partial charge in [-0.05, 0) is 19.8 Å². The molecule has 0 unspecified atom stereocenters. The Morgan fingerprint density at radius 3 is 2.04 bits per heavy atom. The van der Waals surface area contributed by atoms with Gasteiger partial charge in [-0.1, -0.05) is 0 Å². The van der Waals surface area contributed by atoms with Gasteiger partial charge in [0.15, 0.2) is 0 Å². The van der Waals surface area contributed by atoms with Gasteiger partial charge in [-0.25, -0.2) is 4.79 Å². The molecule has 0 aliphatic heterocycles. The molecule has 0 radical (unpaired) electrons. The van der Waals surface area contributed by atoms with Crippen LogP contribution in [0.2, 0.25) is 0 Å². The minimum absolute atomic E-state index is 0.0338. The fourth-order valence-corrected chi connectivity index (χ4v) is 1.83. The van der Waals surface area contributed by atoms with Gasteiger partial charge >= 0.3 is 5.97 Å². The molecule has 0 aliphatic rings. The Hall–Kier alpha value is -2.45. The molecule has 1 atom stereocenters.